The molecule has 14 heavy (non-hydrogen) atoms. The topological polar surface area (TPSA) is 12.9 Å². The molecule has 2 aromatic rings. The molecule has 0 aliphatic heterocycles. The molecule has 1 heterocycles. The van der Waals surface area contributed by atoms with Crippen LogP contribution >= 0.6 is 11.3 Å². The lowest BCUT2D eigenvalue weighted by Gasteiger charge is -1.99. The Bertz CT molecular complexity index is 431. The number of nitrogens with zero attached hydrogens (tertiary/aromatic N) is 1. The highest BCUT2D eigenvalue weighted by Gasteiger charge is 2.01. The molecule has 0 fully saturated rings. The summed E-state index contributed by atoms with van der Waals surface area (Å²) >= 11 is 1.70. The van der Waals surface area contributed by atoms with Gasteiger partial charge in [-0.15, -0.1) is 11.3 Å². The molecule has 2 rings (SSSR count). The first kappa shape index (κ1) is 9.41. The second kappa shape index (κ2) is 3.93. The molecular weight excluding hydrogens is 190 g/mol. The Kier molecular flexibility index (Phi) is 2.64. The first-order valence-electron chi connectivity index (χ1n) is 4.81. The molecule has 0 amide bonds. The fourth-order valence-corrected chi connectivity index (χ4v) is 2.07. The Labute approximate surface area is 88.4 Å². The van der Waals surface area contributed by atoms with Gasteiger partial charge in [-0.2, -0.15) is 0 Å². The minimum absolute atomic E-state index is 1.08. The normalized spacial score (nSPS) is 10.4. The summed E-state index contributed by atoms with van der Waals surface area (Å²) < 4.78 is 0. The van der Waals surface area contributed by atoms with Crippen molar-refractivity contribution in [2.45, 2.75) is 20.3 Å². The summed E-state index contributed by atoms with van der Waals surface area (Å²) in [5.74, 6) is 0. The standard InChI is InChI=1S/C12H13NS/c1-3-10-5-4-6-11(7-10)12-8-14-9(2)13-12/h4-8H,3H2,1-2H3. The van der Waals surface area contributed by atoms with Crippen LogP contribution in [0.25, 0.3) is 11.3 Å². The van der Waals surface area contributed by atoms with Crippen molar-refractivity contribution in [2.75, 3.05) is 0 Å². The number of aryl methyl sites for hydroxylation is 2. The molecule has 0 aliphatic carbocycles. The third-order valence-corrected chi connectivity index (χ3v) is 3.02. The van der Waals surface area contributed by atoms with Crippen molar-refractivity contribution in [3.8, 4) is 11.3 Å². The predicted molar refractivity (Wildman–Crippen MR) is 61.7 cm³/mol. The van der Waals surface area contributed by atoms with Crippen molar-refractivity contribution in [3.63, 3.8) is 0 Å². The van der Waals surface area contributed by atoms with Crippen LogP contribution in [-0.2, 0) is 6.42 Å². The summed E-state index contributed by atoms with van der Waals surface area (Å²) in [6, 6.07) is 8.59. The number of aromatic nitrogens is 1. The molecule has 0 bridgehead atoms. The highest BCUT2D eigenvalue weighted by Crippen LogP contribution is 2.22. The number of benzene rings is 1. The van der Waals surface area contributed by atoms with E-state index in [0.717, 1.165) is 17.1 Å². The van der Waals surface area contributed by atoms with E-state index in [-0.39, 0.29) is 0 Å². The van der Waals surface area contributed by atoms with Crippen LogP contribution < -0.4 is 0 Å². The summed E-state index contributed by atoms with van der Waals surface area (Å²) in [4.78, 5) is 4.47. The molecule has 0 aliphatic rings. The van der Waals surface area contributed by atoms with Crippen LogP contribution in [0.2, 0.25) is 0 Å². The van der Waals surface area contributed by atoms with E-state index in [4.69, 9.17) is 0 Å². The molecule has 1 nitrogen and oxygen atoms in total. The molecule has 72 valence electrons. The zero-order chi connectivity index (χ0) is 9.97. The van der Waals surface area contributed by atoms with Crippen molar-refractivity contribution >= 4 is 11.3 Å². The maximum atomic E-state index is 4.47. The SMILES string of the molecule is CCc1cccc(-c2csc(C)n2)c1. The molecule has 0 radical (unpaired) electrons. The maximum absolute atomic E-state index is 4.47. The van der Waals surface area contributed by atoms with Crippen LogP contribution in [0.5, 0.6) is 0 Å². The molecule has 0 atom stereocenters. The molecule has 0 spiro atoms. The van der Waals surface area contributed by atoms with Gasteiger partial charge in [0, 0.05) is 10.9 Å². The van der Waals surface area contributed by atoms with Crippen LogP contribution in [0, 0.1) is 6.92 Å². The zero-order valence-electron chi connectivity index (χ0n) is 8.45. The van der Waals surface area contributed by atoms with Crippen LogP contribution in [0.1, 0.15) is 17.5 Å². The van der Waals surface area contributed by atoms with E-state index in [1.165, 1.54) is 11.1 Å². The Balaban J connectivity index is 2.41. The third-order valence-electron chi connectivity index (χ3n) is 2.25. The maximum Gasteiger partial charge on any atom is 0.0901 e. The largest absolute Gasteiger partial charge is 0.242 e. The number of hydrogen-bond donors (Lipinski definition) is 0. The van der Waals surface area contributed by atoms with Crippen LogP contribution in [0.15, 0.2) is 29.6 Å². The van der Waals surface area contributed by atoms with Gasteiger partial charge in [0.25, 0.3) is 0 Å². The molecule has 0 saturated carbocycles. The first-order chi connectivity index (χ1) is 6.79. The number of hydrogen-bond acceptors (Lipinski definition) is 2. The van der Waals surface area contributed by atoms with E-state index < -0.39 is 0 Å². The third kappa shape index (κ3) is 1.85. The van der Waals surface area contributed by atoms with Gasteiger partial charge in [-0.1, -0.05) is 25.1 Å². The monoisotopic (exact) mass is 203 g/mol. The van der Waals surface area contributed by atoms with E-state index in [1.54, 1.807) is 11.3 Å². The second-order valence-corrected chi connectivity index (χ2v) is 4.37. The van der Waals surface area contributed by atoms with Crippen LogP contribution in [0.3, 0.4) is 0 Å². The Hall–Kier alpha value is -1.15. The van der Waals surface area contributed by atoms with Gasteiger partial charge in [-0.05, 0) is 25.0 Å². The van der Waals surface area contributed by atoms with Crippen LogP contribution in [-0.4, -0.2) is 4.98 Å². The highest BCUT2D eigenvalue weighted by molar-refractivity contribution is 7.09. The first-order valence-corrected chi connectivity index (χ1v) is 5.69. The van der Waals surface area contributed by atoms with E-state index in [0.29, 0.717) is 0 Å². The second-order valence-electron chi connectivity index (χ2n) is 3.31. The van der Waals surface area contributed by atoms with Crippen molar-refractivity contribution in [3.05, 3.63) is 40.2 Å². The van der Waals surface area contributed by atoms with Crippen molar-refractivity contribution in [2.24, 2.45) is 0 Å². The Morgan fingerprint density at radius 2 is 2.21 bits per heavy atom. The van der Waals surface area contributed by atoms with Crippen molar-refractivity contribution in [1.29, 1.82) is 0 Å². The van der Waals surface area contributed by atoms with Gasteiger partial charge in [-0.3, -0.25) is 0 Å². The molecule has 2 heteroatoms. The molecule has 1 aromatic carbocycles. The number of thiazole rings is 1. The molecule has 0 N–H and O–H groups in total. The van der Waals surface area contributed by atoms with Gasteiger partial charge in [0.15, 0.2) is 0 Å². The van der Waals surface area contributed by atoms with E-state index >= 15 is 0 Å². The highest BCUT2D eigenvalue weighted by atomic mass is 32.1. The zero-order valence-corrected chi connectivity index (χ0v) is 9.27. The average Bonchev–Trinajstić information content (AvgIpc) is 2.65. The summed E-state index contributed by atoms with van der Waals surface area (Å²) in [6.07, 6.45) is 1.08. The van der Waals surface area contributed by atoms with Crippen LogP contribution in [0.4, 0.5) is 0 Å². The average molecular weight is 203 g/mol. The molecule has 1 aromatic heterocycles. The Morgan fingerprint density at radius 1 is 1.36 bits per heavy atom. The van der Waals surface area contributed by atoms with Gasteiger partial charge in [0.1, 0.15) is 0 Å². The fraction of sp³-hybridized carbons (Fsp3) is 0.250. The molecular formula is C12H13NS. The minimum Gasteiger partial charge on any atom is -0.242 e. The van der Waals surface area contributed by atoms with E-state index in [9.17, 15) is 0 Å². The fourth-order valence-electron chi connectivity index (χ4n) is 1.45. The van der Waals surface area contributed by atoms with Gasteiger partial charge in [0.2, 0.25) is 0 Å². The van der Waals surface area contributed by atoms with Crippen molar-refractivity contribution in [1.82, 2.24) is 4.98 Å². The molecule has 0 unspecified atom stereocenters. The summed E-state index contributed by atoms with van der Waals surface area (Å²) in [6.45, 7) is 4.21. The summed E-state index contributed by atoms with van der Waals surface area (Å²) in [5.41, 5.74) is 3.70. The molecule has 0 saturated heterocycles. The van der Waals surface area contributed by atoms with E-state index in [2.05, 4.69) is 41.6 Å². The van der Waals surface area contributed by atoms with Crippen molar-refractivity contribution < 1.29 is 0 Å². The van der Waals surface area contributed by atoms with Gasteiger partial charge in [0.05, 0.1) is 10.7 Å². The quantitative estimate of drug-likeness (QED) is 0.725. The van der Waals surface area contributed by atoms with Gasteiger partial charge >= 0.3 is 0 Å². The van der Waals surface area contributed by atoms with E-state index in [1.807, 2.05) is 6.92 Å². The minimum atomic E-state index is 1.08. The van der Waals surface area contributed by atoms with Gasteiger partial charge in [-0.25, -0.2) is 4.98 Å². The summed E-state index contributed by atoms with van der Waals surface area (Å²) in [7, 11) is 0. The number of rotatable bonds is 2. The smallest absolute Gasteiger partial charge is 0.0901 e. The Morgan fingerprint density at radius 3 is 2.86 bits per heavy atom. The summed E-state index contributed by atoms with van der Waals surface area (Å²) in [5, 5.41) is 3.24. The lowest BCUT2D eigenvalue weighted by molar-refractivity contribution is 1.14. The van der Waals surface area contributed by atoms with Gasteiger partial charge < -0.3 is 0 Å². The lowest BCUT2D eigenvalue weighted by atomic mass is 10.1. The lowest BCUT2D eigenvalue weighted by Crippen LogP contribution is -1.82. The predicted octanol–water partition coefficient (Wildman–Crippen LogP) is 3.68.